The molecule has 1 aromatic heterocycles. The van der Waals surface area contributed by atoms with Gasteiger partial charge in [-0.1, -0.05) is 18.2 Å². The third-order valence-corrected chi connectivity index (χ3v) is 6.37. The van der Waals surface area contributed by atoms with Crippen LogP contribution in [0.15, 0.2) is 40.3 Å². The molecule has 21 heavy (non-hydrogen) atoms. The zero-order chi connectivity index (χ0) is 14.9. The van der Waals surface area contributed by atoms with E-state index in [1.54, 1.807) is 0 Å². The molecule has 7 heteroatoms. The summed E-state index contributed by atoms with van der Waals surface area (Å²) in [6.45, 7) is 1.66. The zero-order valence-electron chi connectivity index (χ0n) is 11.7. The molecule has 0 radical (unpaired) electrons. The van der Waals surface area contributed by atoms with E-state index in [0.29, 0.717) is 26.3 Å². The van der Waals surface area contributed by atoms with E-state index in [9.17, 15) is 8.42 Å². The van der Waals surface area contributed by atoms with Crippen LogP contribution in [0.1, 0.15) is 0 Å². The van der Waals surface area contributed by atoms with Crippen molar-refractivity contribution in [2.45, 2.75) is 9.79 Å². The number of ether oxygens (including phenoxy) is 1. The summed E-state index contributed by atoms with van der Waals surface area (Å²) in [6.07, 6.45) is 3.36. The molecule has 3 rings (SSSR count). The molecule has 2 heterocycles. The number of aromatic nitrogens is 1. The fraction of sp³-hybridized carbons (Fsp3) is 0.357. The summed E-state index contributed by atoms with van der Waals surface area (Å²) in [7, 11) is -3.53. The molecule has 1 fully saturated rings. The van der Waals surface area contributed by atoms with Gasteiger partial charge in [-0.05, 0) is 12.3 Å². The number of fused-ring (bicyclic) bond motifs is 1. The van der Waals surface area contributed by atoms with Crippen LogP contribution in [0.5, 0.6) is 0 Å². The van der Waals surface area contributed by atoms with Crippen molar-refractivity contribution in [1.29, 1.82) is 0 Å². The third-order valence-electron chi connectivity index (χ3n) is 3.49. The fourth-order valence-electron chi connectivity index (χ4n) is 2.42. The van der Waals surface area contributed by atoms with Crippen LogP contribution in [0, 0.1) is 0 Å². The Morgan fingerprint density at radius 3 is 2.67 bits per heavy atom. The molecule has 5 nitrogen and oxygen atoms in total. The molecule has 0 saturated carbocycles. The molecule has 0 aliphatic carbocycles. The quantitative estimate of drug-likeness (QED) is 0.808. The largest absolute Gasteiger partial charge is 0.379 e. The van der Waals surface area contributed by atoms with E-state index >= 15 is 0 Å². The molecule has 0 amide bonds. The summed E-state index contributed by atoms with van der Waals surface area (Å²) in [5, 5.41) is 0.874. The number of hydrogen-bond acceptors (Lipinski definition) is 5. The molecular weight excluding hydrogens is 308 g/mol. The van der Waals surface area contributed by atoms with Crippen LogP contribution in [0.3, 0.4) is 0 Å². The third kappa shape index (κ3) is 2.66. The van der Waals surface area contributed by atoms with Gasteiger partial charge in [0, 0.05) is 29.6 Å². The SMILES string of the molecule is CSc1c(S(=O)(=O)N2CCOCC2)cnc2ccccc12. The lowest BCUT2D eigenvalue weighted by atomic mass is 10.2. The highest BCUT2D eigenvalue weighted by Gasteiger charge is 2.29. The van der Waals surface area contributed by atoms with Crippen LogP contribution < -0.4 is 0 Å². The van der Waals surface area contributed by atoms with Crippen molar-refractivity contribution in [3.63, 3.8) is 0 Å². The maximum atomic E-state index is 12.8. The maximum absolute atomic E-state index is 12.8. The van der Waals surface area contributed by atoms with E-state index in [-0.39, 0.29) is 4.90 Å². The van der Waals surface area contributed by atoms with Gasteiger partial charge in [0.1, 0.15) is 4.90 Å². The second-order valence-corrected chi connectivity index (χ2v) is 7.41. The summed E-state index contributed by atoms with van der Waals surface area (Å²) in [5.74, 6) is 0. The second kappa shape index (κ2) is 5.92. The number of benzene rings is 1. The highest BCUT2D eigenvalue weighted by molar-refractivity contribution is 7.99. The summed E-state index contributed by atoms with van der Waals surface area (Å²) >= 11 is 1.44. The van der Waals surface area contributed by atoms with Gasteiger partial charge in [0.2, 0.25) is 10.0 Å². The Morgan fingerprint density at radius 2 is 1.95 bits per heavy atom. The summed E-state index contributed by atoms with van der Waals surface area (Å²) in [6, 6.07) is 7.59. The van der Waals surface area contributed by atoms with Crippen LogP contribution in [-0.4, -0.2) is 50.3 Å². The van der Waals surface area contributed by atoms with Gasteiger partial charge in [-0.25, -0.2) is 8.42 Å². The average molecular weight is 324 g/mol. The Morgan fingerprint density at radius 1 is 1.24 bits per heavy atom. The Balaban J connectivity index is 2.15. The average Bonchev–Trinajstić information content (AvgIpc) is 2.54. The number of thioether (sulfide) groups is 1. The van der Waals surface area contributed by atoms with Gasteiger partial charge in [-0.2, -0.15) is 4.31 Å². The Labute approximate surface area is 128 Å². The monoisotopic (exact) mass is 324 g/mol. The van der Waals surface area contributed by atoms with Gasteiger partial charge < -0.3 is 4.74 Å². The van der Waals surface area contributed by atoms with E-state index in [1.165, 1.54) is 22.3 Å². The molecule has 2 aromatic rings. The van der Waals surface area contributed by atoms with Gasteiger partial charge in [-0.15, -0.1) is 11.8 Å². The van der Waals surface area contributed by atoms with E-state index in [1.807, 2.05) is 30.5 Å². The first kappa shape index (κ1) is 14.8. The van der Waals surface area contributed by atoms with Crippen molar-refractivity contribution >= 4 is 32.7 Å². The normalized spacial score (nSPS) is 17.2. The first-order valence-corrected chi connectivity index (χ1v) is 9.30. The summed E-state index contributed by atoms with van der Waals surface area (Å²) in [5.41, 5.74) is 0.808. The predicted octanol–water partition coefficient (Wildman–Crippen LogP) is 1.98. The zero-order valence-corrected chi connectivity index (χ0v) is 13.3. The molecule has 0 spiro atoms. The van der Waals surface area contributed by atoms with E-state index in [2.05, 4.69) is 4.98 Å². The molecule has 1 saturated heterocycles. The molecule has 1 aliphatic rings. The minimum absolute atomic E-state index is 0.288. The van der Waals surface area contributed by atoms with Crippen molar-refractivity contribution in [3.8, 4) is 0 Å². The first-order chi connectivity index (χ1) is 10.1. The minimum Gasteiger partial charge on any atom is -0.379 e. The number of pyridine rings is 1. The van der Waals surface area contributed by atoms with Crippen molar-refractivity contribution in [3.05, 3.63) is 30.5 Å². The van der Waals surface area contributed by atoms with Crippen LogP contribution in [0.4, 0.5) is 0 Å². The first-order valence-electron chi connectivity index (χ1n) is 6.64. The van der Waals surface area contributed by atoms with Crippen molar-refractivity contribution in [2.24, 2.45) is 0 Å². The number of morpholine rings is 1. The lowest BCUT2D eigenvalue weighted by Crippen LogP contribution is -2.40. The van der Waals surface area contributed by atoms with Crippen LogP contribution in [0.2, 0.25) is 0 Å². The van der Waals surface area contributed by atoms with E-state index in [0.717, 1.165) is 15.8 Å². The van der Waals surface area contributed by atoms with Gasteiger partial charge in [0.15, 0.2) is 0 Å². The van der Waals surface area contributed by atoms with Crippen LogP contribution >= 0.6 is 11.8 Å². The lowest BCUT2D eigenvalue weighted by molar-refractivity contribution is 0.0729. The topological polar surface area (TPSA) is 59.5 Å². The van der Waals surface area contributed by atoms with E-state index < -0.39 is 10.0 Å². The second-order valence-electron chi connectivity index (χ2n) is 4.69. The number of nitrogens with zero attached hydrogens (tertiary/aromatic N) is 2. The Bertz CT molecular complexity index is 756. The van der Waals surface area contributed by atoms with Crippen LogP contribution in [-0.2, 0) is 14.8 Å². The smallest absolute Gasteiger partial charge is 0.245 e. The van der Waals surface area contributed by atoms with E-state index in [4.69, 9.17) is 4.74 Å². The van der Waals surface area contributed by atoms with Crippen molar-refractivity contribution in [1.82, 2.24) is 9.29 Å². The minimum atomic E-state index is -3.53. The Hall–Kier alpha value is -1.15. The lowest BCUT2D eigenvalue weighted by Gasteiger charge is -2.26. The van der Waals surface area contributed by atoms with Gasteiger partial charge in [-0.3, -0.25) is 4.98 Å². The molecular formula is C14H16N2O3S2. The van der Waals surface area contributed by atoms with Crippen LogP contribution in [0.25, 0.3) is 10.9 Å². The highest BCUT2D eigenvalue weighted by atomic mass is 32.2. The number of sulfonamides is 1. The summed E-state index contributed by atoms with van der Waals surface area (Å²) < 4.78 is 32.4. The van der Waals surface area contributed by atoms with Crippen molar-refractivity contribution in [2.75, 3.05) is 32.6 Å². The van der Waals surface area contributed by atoms with Gasteiger partial charge in [0.25, 0.3) is 0 Å². The summed E-state index contributed by atoms with van der Waals surface area (Å²) in [4.78, 5) is 5.34. The molecule has 1 aromatic carbocycles. The Kier molecular flexibility index (Phi) is 4.17. The number of hydrogen-bond donors (Lipinski definition) is 0. The van der Waals surface area contributed by atoms with Gasteiger partial charge >= 0.3 is 0 Å². The standard InChI is InChI=1S/C14H16N2O3S2/c1-20-14-11-4-2-3-5-12(11)15-10-13(14)21(17,18)16-6-8-19-9-7-16/h2-5,10H,6-9H2,1H3. The highest BCUT2D eigenvalue weighted by Crippen LogP contribution is 2.33. The molecule has 0 N–H and O–H groups in total. The molecule has 1 aliphatic heterocycles. The molecule has 112 valence electrons. The predicted molar refractivity (Wildman–Crippen MR) is 83.1 cm³/mol. The van der Waals surface area contributed by atoms with Gasteiger partial charge in [0.05, 0.1) is 18.7 Å². The fourth-order valence-corrected chi connectivity index (χ4v) is 5.07. The number of rotatable bonds is 3. The molecule has 0 atom stereocenters. The maximum Gasteiger partial charge on any atom is 0.245 e. The number of para-hydroxylation sites is 1. The molecule has 0 bridgehead atoms. The van der Waals surface area contributed by atoms with Crippen molar-refractivity contribution < 1.29 is 13.2 Å². The molecule has 0 unspecified atom stereocenters.